The molecule has 1 aromatic rings. The molecular formula is C24H41N2O2P. The van der Waals surface area contributed by atoms with Crippen LogP contribution in [0, 0.1) is 0 Å². The van der Waals surface area contributed by atoms with Crippen molar-refractivity contribution in [3.05, 3.63) is 18.2 Å². The Labute approximate surface area is 179 Å². The third kappa shape index (κ3) is 4.05. The highest BCUT2D eigenvalue weighted by Crippen LogP contribution is 2.51. The van der Waals surface area contributed by atoms with E-state index in [0.717, 1.165) is 37.1 Å². The Balaban J connectivity index is 2.32. The lowest BCUT2D eigenvalue weighted by atomic mass is 9.77. The van der Waals surface area contributed by atoms with Gasteiger partial charge < -0.3 is 19.6 Å². The van der Waals surface area contributed by atoms with Crippen LogP contribution < -0.4 is 15.1 Å². The molecule has 4 nitrogen and oxygen atoms in total. The van der Waals surface area contributed by atoms with Crippen molar-refractivity contribution in [3.63, 3.8) is 0 Å². The maximum atomic E-state index is 10.4. The van der Waals surface area contributed by atoms with E-state index in [-0.39, 0.29) is 22.2 Å². The van der Waals surface area contributed by atoms with Crippen LogP contribution in [0.5, 0.6) is 0 Å². The summed E-state index contributed by atoms with van der Waals surface area (Å²) in [6.07, 6.45) is 6.90. The first-order valence-electron chi connectivity index (χ1n) is 11.1. The molecule has 0 amide bonds. The average Bonchev–Trinajstić information content (AvgIpc) is 2.52. The van der Waals surface area contributed by atoms with E-state index in [9.17, 15) is 9.79 Å². The van der Waals surface area contributed by atoms with Gasteiger partial charge in [0.25, 0.3) is 0 Å². The van der Waals surface area contributed by atoms with E-state index < -0.39 is 8.38 Å². The molecule has 1 aromatic carbocycles. The summed E-state index contributed by atoms with van der Waals surface area (Å²) >= 11 is 0. The molecule has 0 spiro atoms. The summed E-state index contributed by atoms with van der Waals surface area (Å²) in [5, 5.41) is 0.678. The standard InChI is InChI=1S/C24H41N2O2P/c1-21(2)14-10-15-22(3,4)25(21)18-12-9-13-19(29(27)28)20(18)26-23(5,6)16-11-17-24(26,7)8/h9,12-13,27-28H,10-11,14-17H2,1-8H3. The van der Waals surface area contributed by atoms with Gasteiger partial charge in [0.05, 0.1) is 16.7 Å². The molecule has 0 aromatic heterocycles. The molecule has 0 unspecified atom stereocenters. The van der Waals surface area contributed by atoms with Gasteiger partial charge in [-0.1, -0.05) is 6.07 Å². The lowest BCUT2D eigenvalue weighted by Gasteiger charge is -2.59. The topological polar surface area (TPSA) is 46.9 Å². The molecule has 2 saturated heterocycles. The van der Waals surface area contributed by atoms with Crippen molar-refractivity contribution in [3.8, 4) is 0 Å². The number of para-hydroxylation sites is 1. The molecule has 5 heteroatoms. The summed E-state index contributed by atoms with van der Waals surface area (Å²) in [7, 11) is -2.19. The molecule has 2 aliphatic rings. The summed E-state index contributed by atoms with van der Waals surface area (Å²) in [6.45, 7) is 18.5. The number of rotatable bonds is 3. The van der Waals surface area contributed by atoms with E-state index >= 15 is 0 Å². The van der Waals surface area contributed by atoms with Gasteiger partial charge in [-0.3, -0.25) is 0 Å². The SMILES string of the molecule is CC1(C)CCCC(C)(C)N1c1cccc(P(O)O)c1N1C(C)(C)CCCC1(C)C. The Morgan fingerprint density at radius 3 is 1.52 bits per heavy atom. The Bertz CT molecular complexity index is 723. The van der Waals surface area contributed by atoms with E-state index in [1.807, 2.05) is 12.1 Å². The van der Waals surface area contributed by atoms with E-state index in [2.05, 4.69) is 71.3 Å². The molecule has 164 valence electrons. The van der Waals surface area contributed by atoms with E-state index in [1.54, 1.807) is 0 Å². The Morgan fingerprint density at radius 1 is 0.690 bits per heavy atom. The molecule has 2 aliphatic heterocycles. The highest BCUT2D eigenvalue weighted by molar-refractivity contribution is 7.54. The average molecular weight is 421 g/mol. The zero-order chi connectivity index (χ0) is 21.8. The van der Waals surface area contributed by atoms with Crippen LogP contribution in [0.25, 0.3) is 0 Å². The molecule has 2 heterocycles. The Kier molecular flexibility index (Phi) is 5.82. The molecule has 0 aliphatic carbocycles. The fraction of sp³-hybridized carbons (Fsp3) is 0.750. The first-order valence-corrected chi connectivity index (χ1v) is 12.4. The summed E-state index contributed by atoms with van der Waals surface area (Å²) < 4.78 is 0. The predicted molar refractivity (Wildman–Crippen MR) is 126 cm³/mol. The molecule has 2 N–H and O–H groups in total. The van der Waals surface area contributed by atoms with Crippen molar-refractivity contribution >= 4 is 25.1 Å². The minimum absolute atomic E-state index is 0.00681. The van der Waals surface area contributed by atoms with E-state index in [4.69, 9.17) is 0 Å². The molecule has 3 rings (SSSR count). The van der Waals surface area contributed by atoms with E-state index in [0.29, 0.717) is 5.30 Å². The van der Waals surface area contributed by atoms with Crippen LogP contribution in [0.3, 0.4) is 0 Å². The Morgan fingerprint density at radius 2 is 1.10 bits per heavy atom. The molecule has 0 atom stereocenters. The third-order valence-corrected chi connectivity index (χ3v) is 8.04. The smallest absolute Gasteiger partial charge is 0.201 e. The fourth-order valence-electron chi connectivity index (χ4n) is 6.34. The number of benzene rings is 1. The number of hydrogen-bond acceptors (Lipinski definition) is 4. The summed E-state index contributed by atoms with van der Waals surface area (Å²) in [5.74, 6) is 0. The number of hydrogen-bond donors (Lipinski definition) is 2. The van der Waals surface area contributed by atoms with Crippen molar-refractivity contribution < 1.29 is 9.79 Å². The number of nitrogens with zero attached hydrogens (tertiary/aromatic N) is 2. The van der Waals surface area contributed by atoms with Crippen molar-refractivity contribution in [2.45, 2.75) is 116 Å². The highest BCUT2D eigenvalue weighted by atomic mass is 31.2. The van der Waals surface area contributed by atoms with Crippen LogP contribution in [0.2, 0.25) is 0 Å². The highest BCUT2D eigenvalue weighted by Gasteiger charge is 2.47. The van der Waals surface area contributed by atoms with Gasteiger partial charge in [0, 0.05) is 22.2 Å². The molecular weight excluding hydrogens is 379 g/mol. The van der Waals surface area contributed by atoms with Crippen molar-refractivity contribution in [2.75, 3.05) is 9.80 Å². The largest absolute Gasteiger partial charge is 0.360 e. The van der Waals surface area contributed by atoms with Crippen LogP contribution in [0.1, 0.15) is 93.9 Å². The van der Waals surface area contributed by atoms with Gasteiger partial charge in [0.2, 0.25) is 8.38 Å². The Hall–Kier alpha value is -0.830. The first kappa shape index (κ1) is 22.8. The third-order valence-electron chi connectivity index (χ3n) is 7.25. The van der Waals surface area contributed by atoms with Gasteiger partial charge in [-0.15, -0.1) is 0 Å². The minimum Gasteiger partial charge on any atom is -0.360 e. The van der Waals surface area contributed by atoms with Gasteiger partial charge >= 0.3 is 0 Å². The summed E-state index contributed by atoms with van der Waals surface area (Å²) in [5.41, 5.74) is 2.08. The molecule has 0 bridgehead atoms. The zero-order valence-corrected chi connectivity index (χ0v) is 20.6. The van der Waals surface area contributed by atoms with Crippen LogP contribution >= 0.6 is 8.38 Å². The van der Waals surface area contributed by atoms with Crippen LogP contribution in [-0.4, -0.2) is 31.9 Å². The maximum absolute atomic E-state index is 10.4. The zero-order valence-electron chi connectivity index (χ0n) is 19.7. The molecule has 0 radical (unpaired) electrons. The van der Waals surface area contributed by atoms with Crippen molar-refractivity contribution in [1.29, 1.82) is 0 Å². The summed E-state index contributed by atoms with van der Waals surface area (Å²) in [4.78, 5) is 25.9. The molecule has 0 saturated carbocycles. The van der Waals surface area contributed by atoms with Crippen LogP contribution in [0.4, 0.5) is 11.4 Å². The predicted octanol–water partition coefficient (Wildman–Crippen LogP) is 5.70. The molecule has 29 heavy (non-hydrogen) atoms. The second kappa shape index (κ2) is 7.39. The first-order chi connectivity index (χ1) is 13.2. The second-order valence-corrected chi connectivity index (χ2v) is 12.6. The van der Waals surface area contributed by atoms with Crippen LogP contribution in [-0.2, 0) is 0 Å². The normalized spacial score (nSPS) is 25.3. The van der Waals surface area contributed by atoms with E-state index in [1.165, 1.54) is 12.8 Å². The number of anilines is 2. The van der Waals surface area contributed by atoms with Gasteiger partial charge in [0.15, 0.2) is 0 Å². The van der Waals surface area contributed by atoms with Crippen molar-refractivity contribution in [1.82, 2.24) is 0 Å². The van der Waals surface area contributed by atoms with Gasteiger partial charge in [-0.2, -0.15) is 0 Å². The monoisotopic (exact) mass is 420 g/mol. The lowest BCUT2D eigenvalue weighted by Crippen LogP contribution is -2.62. The fourth-order valence-corrected chi connectivity index (χ4v) is 6.96. The maximum Gasteiger partial charge on any atom is 0.201 e. The quantitative estimate of drug-likeness (QED) is 0.616. The van der Waals surface area contributed by atoms with Gasteiger partial charge in [-0.05, 0) is 106 Å². The minimum atomic E-state index is -2.19. The summed E-state index contributed by atoms with van der Waals surface area (Å²) in [6, 6.07) is 6.11. The van der Waals surface area contributed by atoms with Gasteiger partial charge in [0.1, 0.15) is 0 Å². The van der Waals surface area contributed by atoms with Crippen LogP contribution in [0.15, 0.2) is 18.2 Å². The molecule has 2 fully saturated rings. The number of piperidine rings is 2. The van der Waals surface area contributed by atoms with Crippen molar-refractivity contribution in [2.24, 2.45) is 0 Å². The van der Waals surface area contributed by atoms with Gasteiger partial charge in [-0.25, -0.2) is 0 Å². The lowest BCUT2D eigenvalue weighted by molar-refractivity contribution is 0.234. The second-order valence-electron chi connectivity index (χ2n) is 11.6.